The summed E-state index contributed by atoms with van der Waals surface area (Å²) in [6, 6.07) is 0. The molecular weight excluding hydrogens is 282 g/mol. The Morgan fingerprint density at radius 2 is 2.00 bits per heavy atom. The third-order valence-corrected chi connectivity index (χ3v) is 4.62. The summed E-state index contributed by atoms with van der Waals surface area (Å²) >= 11 is 1.63. The maximum atomic E-state index is 11.9. The van der Waals surface area contributed by atoms with Crippen molar-refractivity contribution < 1.29 is 24.2 Å². The van der Waals surface area contributed by atoms with E-state index in [-0.39, 0.29) is 12.5 Å². The number of ether oxygens (including phenoxy) is 2. The highest BCUT2D eigenvalue weighted by Gasteiger charge is 2.50. The number of amides is 1. The first-order valence-corrected chi connectivity index (χ1v) is 7.52. The highest BCUT2D eigenvalue weighted by molar-refractivity contribution is 8.01. The van der Waals surface area contributed by atoms with E-state index in [1.165, 1.54) is 0 Å². The fourth-order valence-corrected chi connectivity index (χ4v) is 3.95. The summed E-state index contributed by atoms with van der Waals surface area (Å²) in [4.78, 5) is 24.5. The van der Waals surface area contributed by atoms with E-state index < -0.39 is 16.3 Å². The van der Waals surface area contributed by atoms with Gasteiger partial charge in [0.1, 0.15) is 5.60 Å². The average molecular weight is 303 g/mol. The first kappa shape index (κ1) is 15.4. The van der Waals surface area contributed by atoms with E-state index in [1.807, 2.05) is 20.8 Å². The highest BCUT2D eigenvalue weighted by Crippen LogP contribution is 2.43. The minimum absolute atomic E-state index is 0.0630. The average Bonchev–Trinajstić information content (AvgIpc) is 2.14. The summed E-state index contributed by atoms with van der Waals surface area (Å²) in [7, 11) is 0. The summed E-state index contributed by atoms with van der Waals surface area (Å²) in [6.45, 7) is 7.63. The second-order valence-corrected chi connectivity index (χ2v) is 8.14. The van der Waals surface area contributed by atoms with Gasteiger partial charge < -0.3 is 19.5 Å². The van der Waals surface area contributed by atoms with Crippen molar-refractivity contribution in [3.63, 3.8) is 0 Å². The van der Waals surface area contributed by atoms with Crippen molar-refractivity contribution in [2.45, 2.75) is 42.8 Å². The lowest BCUT2D eigenvalue weighted by Crippen LogP contribution is -2.64. The molecule has 0 radical (unpaired) electrons. The Hall–Kier alpha value is -0.950. The maximum absolute atomic E-state index is 11.9. The largest absolute Gasteiger partial charge is 0.481 e. The minimum Gasteiger partial charge on any atom is -0.481 e. The van der Waals surface area contributed by atoms with Crippen LogP contribution in [0.1, 0.15) is 27.2 Å². The zero-order chi connectivity index (χ0) is 15.0. The van der Waals surface area contributed by atoms with Crippen LogP contribution in [0.3, 0.4) is 0 Å². The van der Waals surface area contributed by atoms with Crippen molar-refractivity contribution in [1.82, 2.24) is 4.90 Å². The number of likely N-dealkylation sites (tertiary alicyclic amines) is 1. The number of nitrogens with zero attached hydrogens (tertiary/aromatic N) is 1. The van der Waals surface area contributed by atoms with E-state index in [1.54, 1.807) is 16.7 Å². The van der Waals surface area contributed by atoms with Crippen molar-refractivity contribution in [3.8, 4) is 0 Å². The van der Waals surface area contributed by atoms with Gasteiger partial charge >= 0.3 is 12.1 Å². The molecule has 7 heteroatoms. The molecule has 0 saturated carbocycles. The first-order valence-electron chi connectivity index (χ1n) is 6.64. The molecule has 0 aliphatic carbocycles. The highest BCUT2D eigenvalue weighted by atomic mass is 32.2. The van der Waals surface area contributed by atoms with Crippen LogP contribution in [0.4, 0.5) is 4.79 Å². The van der Waals surface area contributed by atoms with E-state index in [0.717, 1.165) is 0 Å². The molecule has 2 heterocycles. The van der Waals surface area contributed by atoms with Crippen LogP contribution in [0.15, 0.2) is 0 Å². The Morgan fingerprint density at radius 1 is 1.40 bits per heavy atom. The van der Waals surface area contributed by atoms with Crippen molar-refractivity contribution in [2.75, 3.05) is 26.3 Å². The van der Waals surface area contributed by atoms with Crippen LogP contribution in [0.25, 0.3) is 0 Å². The van der Waals surface area contributed by atoms with Crippen molar-refractivity contribution in [3.05, 3.63) is 0 Å². The molecule has 2 aliphatic rings. The molecule has 0 aromatic rings. The van der Waals surface area contributed by atoms with Crippen LogP contribution >= 0.6 is 11.8 Å². The fraction of sp³-hybridized carbons (Fsp3) is 0.846. The molecule has 20 heavy (non-hydrogen) atoms. The number of aliphatic carboxylic acids is 1. The van der Waals surface area contributed by atoms with Gasteiger partial charge in [0, 0.05) is 13.1 Å². The lowest BCUT2D eigenvalue weighted by Gasteiger charge is -2.50. The summed E-state index contributed by atoms with van der Waals surface area (Å²) < 4.78 is 10.0. The van der Waals surface area contributed by atoms with Crippen LogP contribution < -0.4 is 0 Å². The Balaban J connectivity index is 1.90. The van der Waals surface area contributed by atoms with Crippen molar-refractivity contribution in [2.24, 2.45) is 0 Å². The predicted octanol–water partition coefficient (Wildman–Crippen LogP) is 1.58. The van der Waals surface area contributed by atoms with Gasteiger partial charge in [0.25, 0.3) is 0 Å². The summed E-state index contributed by atoms with van der Waals surface area (Å²) in [5.41, 5.74) is -0.531. The Bertz CT molecular complexity index is 396. The number of rotatable bonds is 4. The summed E-state index contributed by atoms with van der Waals surface area (Å²) in [5.74, 6) is -0.832. The predicted molar refractivity (Wildman–Crippen MR) is 75.0 cm³/mol. The zero-order valence-electron chi connectivity index (χ0n) is 12.0. The normalized spacial score (nSPS) is 21.9. The van der Waals surface area contributed by atoms with Crippen LogP contribution in [0, 0.1) is 0 Å². The van der Waals surface area contributed by atoms with E-state index in [9.17, 15) is 9.59 Å². The molecule has 2 fully saturated rings. The number of hydrogen-bond acceptors (Lipinski definition) is 5. The fourth-order valence-electron chi connectivity index (χ4n) is 2.24. The number of carboxylic acids is 1. The molecule has 0 spiro atoms. The van der Waals surface area contributed by atoms with Crippen LogP contribution in [-0.4, -0.2) is 64.0 Å². The zero-order valence-corrected chi connectivity index (χ0v) is 12.9. The maximum Gasteiger partial charge on any atom is 0.410 e. The topological polar surface area (TPSA) is 76.1 Å². The Morgan fingerprint density at radius 3 is 2.40 bits per heavy atom. The second-order valence-electron chi connectivity index (χ2n) is 6.37. The lowest BCUT2D eigenvalue weighted by molar-refractivity contribution is -0.138. The van der Waals surface area contributed by atoms with Crippen LogP contribution in [0.5, 0.6) is 0 Å². The van der Waals surface area contributed by atoms with Crippen LogP contribution in [-0.2, 0) is 14.3 Å². The molecule has 114 valence electrons. The van der Waals surface area contributed by atoms with Gasteiger partial charge in [-0.2, -0.15) is 0 Å². The number of carboxylic acid groups (broad SMARTS) is 1. The number of carbonyl (C=O) groups excluding carboxylic acids is 1. The van der Waals surface area contributed by atoms with Crippen molar-refractivity contribution >= 4 is 23.8 Å². The molecule has 0 aromatic heterocycles. The molecule has 0 atom stereocenters. The summed E-state index contributed by atoms with van der Waals surface area (Å²) in [6.07, 6.45) is -0.308. The molecular formula is C13H21NO5S. The monoisotopic (exact) mass is 303 g/mol. The Labute approximate surface area is 122 Å². The molecule has 6 nitrogen and oxygen atoms in total. The molecule has 0 bridgehead atoms. The number of carbonyl (C=O) groups is 2. The molecule has 2 saturated heterocycles. The van der Waals surface area contributed by atoms with Gasteiger partial charge in [0.05, 0.1) is 29.6 Å². The third kappa shape index (κ3) is 3.79. The molecule has 1 amide bonds. The Kier molecular flexibility index (Phi) is 4.20. The molecule has 2 aliphatic heterocycles. The number of thioether (sulfide) groups is 1. The lowest BCUT2D eigenvalue weighted by atomic mass is 9.95. The van der Waals surface area contributed by atoms with Gasteiger partial charge in [-0.25, -0.2) is 4.79 Å². The summed E-state index contributed by atoms with van der Waals surface area (Å²) in [5, 5.41) is 9.39. The van der Waals surface area contributed by atoms with E-state index in [0.29, 0.717) is 31.6 Å². The van der Waals surface area contributed by atoms with Gasteiger partial charge in [-0.05, 0) is 20.8 Å². The first-order chi connectivity index (χ1) is 9.19. The van der Waals surface area contributed by atoms with Gasteiger partial charge in [-0.1, -0.05) is 0 Å². The van der Waals surface area contributed by atoms with Gasteiger partial charge in [-0.15, -0.1) is 11.8 Å². The van der Waals surface area contributed by atoms with Crippen LogP contribution in [0.2, 0.25) is 0 Å². The van der Waals surface area contributed by atoms with E-state index in [2.05, 4.69) is 0 Å². The standard InChI is InChI=1S/C13H21NO5S/c1-12(2,3)19-11(17)14-7-13(8-14,4-10(15)16)20-9-5-18-6-9/h9H,4-8H2,1-3H3,(H,15,16). The van der Waals surface area contributed by atoms with E-state index >= 15 is 0 Å². The van der Waals surface area contributed by atoms with E-state index in [4.69, 9.17) is 14.6 Å². The molecule has 2 rings (SSSR count). The smallest absolute Gasteiger partial charge is 0.410 e. The minimum atomic E-state index is -0.832. The van der Waals surface area contributed by atoms with Gasteiger partial charge in [-0.3, -0.25) is 4.79 Å². The third-order valence-electron chi connectivity index (χ3n) is 3.11. The second kappa shape index (κ2) is 5.44. The molecule has 0 unspecified atom stereocenters. The molecule has 1 N–H and O–H groups in total. The molecule has 0 aromatic carbocycles. The van der Waals surface area contributed by atoms with Gasteiger partial charge in [0.15, 0.2) is 0 Å². The van der Waals surface area contributed by atoms with Crippen molar-refractivity contribution in [1.29, 1.82) is 0 Å². The number of hydrogen-bond donors (Lipinski definition) is 1. The SMILES string of the molecule is CC(C)(C)OC(=O)N1CC(CC(=O)O)(SC2COC2)C1. The quantitative estimate of drug-likeness (QED) is 0.850. The van der Waals surface area contributed by atoms with Gasteiger partial charge in [0.2, 0.25) is 0 Å².